The average Bonchev–Trinajstić information content (AvgIpc) is 2.79. The highest BCUT2D eigenvalue weighted by atomic mass is 32.2. The summed E-state index contributed by atoms with van der Waals surface area (Å²) in [4.78, 5) is 13.5. The monoisotopic (exact) mass is 313 g/mol. The molecule has 1 aliphatic rings. The first-order valence-electron chi connectivity index (χ1n) is 7.24. The molecule has 1 atom stereocenters. The summed E-state index contributed by atoms with van der Waals surface area (Å²) in [5.41, 5.74) is 4.32. The molecule has 4 heteroatoms. The SMILES string of the molecule is CN(C)C(=O)CS(=O)C1(C)c2ccccc2-c2ccccc21. The van der Waals surface area contributed by atoms with Crippen LogP contribution in [0, 0.1) is 0 Å². The Balaban J connectivity index is 2.13. The van der Waals surface area contributed by atoms with E-state index in [0.29, 0.717) is 0 Å². The summed E-state index contributed by atoms with van der Waals surface area (Å²) < 4.78 is 12.4. The lowest BCUT2D eigenvalue weighted by atomic mass is 9.98. The van der Waals surface area contributed by atoms with Crippen LogP contribution in [0.5, 0.6) is 0 Å². The maximum absolute atomic E-state index is 13.1. The van der Waals surface area contributed by atoms with Gasteiger partial charge >= 0.3 is 0 Å². The largest absolute Gasteiger partial charge is 0.348 e. The van der Waals surface area contributed by atoms with Crippen LogP contribution in [0.2, 0.25) is 0 Å². The molecule has 1 aliphatic carbocycles. The van der Waals surface area contributed by atoms with E-state index < -0.39 is 15.5 Å². The van der Waals surface area contributed by atoms with Gasteiger partial charge in [-0.1, -0.05) is 48.5 Å². The number of hydrogen-bond acceptors (Lipinski definition) is 2. The highest BCUT2D eigenvalue weighted by Crippen LogP contribution is 2.50. The molecule has 0 aromatic heterocycles. The predicted molar refractivity (Wildman–Crippen MR) is 90.0 cm³/mol. The minimum Gasteiger partial charge on any atom is -0.348 e. The molecule has 0 fully saturated rings. The second kappa shape index (κ2) is 5.36. The molecule has 2 aromatic carbocycles. The van der Waals surface area contributed by atoms with Gasteiger partial charge in [-0.25, -0.2) is 0 Å². The Morgan fingerprint density at radius 3 is 1.91 bits per heavy atom. The first kappa shape index (κ1) is 15.0. The summed E-state index contributed by atoms with van der Waals surface area (Å²) in [7, 11) is 2.06. The highest BCUT2D eigenvalue weighted by Gasteiger charge is 2.44. The zero-order valence-electron chi connectivity index (χ0n) is 13.0. The maximum Gasteiger partial charge on any atom is 0.234 e. The Morgan fingerprint density at radius 2 is 1.45 bits per heavy atom. The van der Waals surface area contributed by atoms with E-state index in [0.717, 1.165) is 22.3 Å². The molecule has 1 amide bonds. The van der Waals surface area contributed by atoms with E-state index in [2.05, 4.69) is 12.1 Å². The van der Waals surface area contributed by atoms with Gasteiger partial charge in [-0.2, -0.15) is 0 Å². The van der Waals surface area contributed by atoms with Gasteiger partial charge < -0.3 is 4.90 Å². The van der Waals surface area contributed by atoms with Gasteiger partial charge in [-0.05, 0) is 29.2 Å². The van der Waals surface area contributed by atoms with Crippen LogP contribution in [0.25, 0.3) is 11.1 Å². The number of rotatable bonds is 3. The third kappa shape index (κ3) is 2.10. The van der Waals surface area contributed by atoms with E-state index in [4.69, 9.17) is 0 Å². The summed E-state index contributed by atoms with van der Waals surface area (Å²) in [6, 6.07) is 16.1. The second-order valence-corrected chi connectivity index (χ2v) is 7.70. The molecule has 3 nitrogen and oxygen atoms in total. The fourth-order valence-electron chi connectivity index (χ4n) is 3.04. The minimum atomic E-state index is -1.33. The van der Waals surface area contributed by atoms with Crippen molar-refractivity contribution in [3.05, 3.63) is 59.7 Å². The fourth-order valence-corrected chi connectivity index (χ4v) is 4.66. The number of nitrogens with zero attached hydrogens (tertiary/aromatic N) is 1. The first-order chi connectivity index (χ1) is 10.5. The molecule has 0 aliphatic heterocycles. The molecular weight excluding hydrogens is 294 g/mol. The summed E-state index contributed by atoms with van der Waals surface area (Å²) in [6.45, 7) is 1.98. The Bertz CT molecular complexity index is 722. The molecule has 114 valence electrons. The molecule has 0 heterocycles. The van der Waals surface area contributed by atoms with E-state index >= 15 is 0 Å². The fraction of sp³-hybridized carbons (Fsp3) is 0.278. The lowest BCUT2D eigenvalue weighted by Crippen LogP contribution is -2.35. The quantitative estimate of drug-likeness (QED) is 0.874. The standard InChI is InChI=1S/C18H19NO2S/c1-18(22(21)12-17(20)19(2)3)15-10-6-4-8-13(15)14-9-5-7-11-16(14)18/h4-11H,12H2,1-3H3. The Kier molecular flexibility index (Phi) is 3.65. The molecule has 0 bridgehead atoms. The predicted octanol–water partition coefficient (Wildman–Crippen LogP) is 2.77. The van der Waals surface area contributed by atoms with Gasteiger partial charge in [0.05, 0.1) is 4.75 Å². The van der Waals surface area contributed by atoms with E-state index in [9.17, 15) is 9.00 Å². The highest BCUT2D eigenvalue weighted by molar-refractivity contribution is 7.87. The van der Waals surface area contributed by atoms with Gasteiger partial charge in [0.2, 0.25) is 5.91 Å². The van der Waals surface area contributed by atoms with Crippen molar-refractivity contribution in [3.63, 3.8) is 0 Å². The molecule has 2 aromatic rings. The van der Waals surface area contributed by atoms with Crippen LogP contribution in [0.15, 0.2) is 48.5 Å². The van der Waals surface area contributed by atoms with Crippen molar-refractivity contribution in [2.24, 2.45) is 0 Å². The lowest BCUT2D eigenvalue weighted by Gasteiger charge is -2.27. The van der Waals surface area contributed by atoms with Crippen molar-refractivity contribution in [1.82, 2.24) is 4.90 Å². The van der Waals surface area contributed by atoms with Gasteiger partial charge in [0, 0.05) is 24.9 Å². The zero-order chi connectivity index (χ0) is 15.9. The average molecular weight is 313 g/mol. The zero-order valence-corrected chi connectivity index (χ0v) is 13.8. The molecule has 0 spiro atoms. The van der Waals surface area contributed by atoms with E-state index in [1.54, 1.807) is 14.1 Å². The molecule has 0 saturated carbocycles. The normalized spacial score (nSPS) is 15.8. The van der Waals surface area contributed by atoms with Crippen molar-refractivity contribution >= 4 is 16.7 Å². The first-order valence-corrected chi connectivity index (χ1v) is 8.56. The maximum atomic E-state index is 13.1. The van der Waals surface area contributed by atoms with Gasteiger partial charge in [-0.3, -0.25) is 9.00 Å². The Hall–Kier alpha value is -1.94. The topological polar surface area (TPSA) is 37.4 Å². The van der Waals surface area contributed by atoms with Crippen molar-refractivity contribution < 1.29 is 9.00 Å². The second-order valence-electron chi connectivity index (χ2n) is 5.90. The number of benzene rings is 2. The third-order valence-corrected chi connectivity index (χ3v) is 6.24. The number of hydrogen-bond donors (Lipinski definition) is 0. The van der Waals surface area contributed by atoms with Crippen LogP contribution in [0.1, 0.15) is 18.1 Å². The smallest absolute Gasteiger partial charge is 0.234 e. The van der Waals surface area contributed by atoms with Crippen molar-refractivity contribution in [2.45, 2.75) is 11.7 Å². The minimum absolute atomic E-state index is 0.0339. The number of amides is 1. The number of fused-ring (bicyclic) bond motifs is 3. The summed E-state index contributed by atoms with van der Waals surface area (Å²) in [5, 5.41) is 0. The van der Waals surface area contributed by atoms with Gasteiger partial charge in [0.15, 0.2) is 0 Å². The van der Waals surface area contributed by atoms with Crippen LogP contribution in [-0.2, 0) is 20.3 Å². The van der Waals surface area contributed by atoms with Crippen LogP contribution < -0.4 is 0 Å². The van der Waals surface area contributed by atoms with Crippen molar-refractivity contribution in [3.8, 4) is 11.1 Å². The van der Waals surface area contributed by atoms with Crippen LogP contribution in [0.3, 0.4) is 0 Å². The molecule has 1 unspecified atom stereocenters. The van der Waals surface area contributed by atoms with E-state index in [1.165, 1.54) is 4.90 Å². The third-order valence-electron chi connectivity index (χ3n) is 4.38. The molecule has 3 rings (SSSR count). The van der Waals surface area contributed by atoms with Crippen LogP contribution in [0.4, 0.5) is 0 Å². The summed E-state index contributed by atoms with van der Waals surface area (Å²) in [5.74, 6) is -0.0759. The lowest BCUT2D eigenvalue weighted by molar-refractivity contribution is -0.125. The molecule has 0 radical (unpaired) electrons. The molecule has 22 heavy (non-hydrogen) atoms. The van der Waals surface area contributed by atoms with Crippen LogP contribution in [-0.4, -0.2) is 34.9 Å². The summed E-state index contributed by atoms with van der Waals surface area (Å²) in [6.07, 6.45) is 0. The van der Waals surface area contributed by atoms with Crippen molar-refractivity contribution in [2.75, 3.05) is 19.8 Å². The van der Waals surface area contributed by atoms with E-state index in [1.807, 2.05) is 43.3 Å². The van der Waals surface area contributed by atoms with Gasteiger partial charge in [-0.15, -0.1) is 0 Å². The van der Waals surface area contributed by atoms with Gasteiger partial charge in [0.1, 0.15) is 5.75 Å². The summed E-state index contributed by atoms with van der Waals surface area (Å²) >= 11 is 0. The molecule has 0 N–H and O–H groups in total. The Labute approximate surface area is 133 Å². The molecular formula is C18H19NO2S. The van der Waals surface area contributed by atoms with Crippen molar-refractivity contribution in [1.29, 1.82) is 0 Å². The molecule has 0 saturated heterocycles. The van der Waals surface area contributed by atoms with E-state index in [-0.39, 0.29) is 11.7 Å². The number of carbonyl (C=O) groups is 1. The van der Waals surface area contributed by atoms with Crippen LogP contribution >= 0.6 is 0 Å². The Morgan fingerprint density at radius 1 is 1.00 bits per heavy atom. The number of carbonyl (C=O) groups excluding carboxylic acids is 1. The van der Waals surface area contributed by atoms with Gasteiger partial charge in [0.25, 0.3) is 0 Å².